The van der Waals surface area contributed by atoms with Crippen LogP contribution in [0, 0.1) is 18.3 Å². The number of aryl methyl sites for hydroxylation is 1. The van der Waals surface area contributed by atoms with Crippen LogP contribution >= 0.6 is 15.9 Å². The fraction of sp³-hybridized carbons (Fsp3) is 0.300. The van der Waals surface area contributed by atoms with E-state index in [1.807, 2.05) is 6.07 Å². The van der Waals surface area contributed by atoms with Crippen molar-refractivity contribution in [2.45, 2.75) is 19.4 Å². The zero-order valence-electron chi connectivity index (χ0n) is 7.79. The van der Waals surface area contributed by atoms with Gasteiger partial charge in [0.25, 0.3) is 0 Å². The molecule has 1 aromatic carbocycles. The molecule has 0 spiro atoms. The molecule has 3 N–H and O–H groups in total. The van der Waals surface area contributed by atoms with Gasteiger partial charge >= 0.3 is 0 Å². The Labute approximate surface area is 91.3 Å². The molecule has 0 amide bonds. The minimum Gasteiger partial charge on any atom is -0.507 e. The van der Waals surface area contributed by atoms with E-state index in [-0.39, 0.29) is 12.2 Å². The fourth-order valence-electron chi connectivity index (χ4n) is 1.25. The molecule has 1 unspecified atom stereocenters. The summed E-state index contributed by atoms with van der Waals surface area (Å²) in [5.41, 5.74) is 7.10. The Morgan fingerprint density at radius 3 is 2.86 bits per heavy atom. The van der Waals surface area contributed by atoms with Gasteiger partial charge in [0.05, 0.1) is 12.5 Å². The molecule has 0 aliphatic carbocycles. The third-order valence-electron chi connectivity index (χ3n) is 2.01. The van der Waals surface area contributed by atoms with Crippen molar-refractivity contribution in [2.75, 3.05) is 0 Å². The number of rotatable bonds is 2. The van der Waals surface area contributed by atoms with E-state index in [0.717, 1.165) is 10.0 Å². The van der Waals surface area contributed by atoms with Gasteiger partial charge in [0.1, 0.15) is 5.75 Å². The minimum absolute atomic E-state index is 0.177. The largest absolute Gasteiger partial charge is 0.507 e. The number of nitrogens with two attached hydrogens (primary N) is 1. The van der Waals surface area contributed by atoms with Crippen molar-refractivity contribution in [3.8, 4) is 11.8 Å². The van der Waals surface area contributed by atoms with Crippen LogP contribution in [0.2, 0.25) is 0 Å². The quantitative estimate of drug-likeness (QED) is 0.852. The van der Waals surface area contributed by atoms with Gasteiger partial charge in [0.15, 0.2) is 0 Å². The fourth-order valence-corrected chi connectivity index (χ4v) is 1.84. The smallest absolute Gasteiger partial charge is 0.123 e. The predicted octanol–water partition coefficient (Wildman–Crippen LogP) is 2.38. The molecule has 0 heterocycles. The van der Waals surface area contributed by atoms with E-state index in [1.165, 1.54) is 0 Å². The van der Waals surface area contributed by atoms with Gasteiger partial charge in [-0.05, 0) is 24.6 Å². The molecule has 0 aromatic heterocycles. The number of halogens is 1. The van der Waals surface area contributed by atoms with Crippen LogP contribution in [-0.4, -0.2) is 5.11 Å². The van der Waals surface area contributed by atoms with Crippen LogP contribution in [0.3, 0.4) is 0 Å². The molecule has 0 bridgehead atoms. The summed E-state index contributed by atoms with van der Waals surface area (Å²) in [5.74, 6) is 0.177. The van der Waals surface area contributed by atoms with E-state index in [0.29, 0.717) is 5.56 Å². The zero-order valence-corrected chi connectivity index (χ0v) is 9.37. The van der Waals surface area contributed by atoms with Crippen molar-refractivity contribution in [3.63, 3.8) is 0 Å². The summed E-state index contributed by atoms with van der Waals surface area (Å²) in [6.45, 7) is 1.79. The lowest BCUT2D eigenvalue weighted by Gasteiger charge is -2.12. The number of nitriles is 1. The van der Waals surface area contributed by atoms with Crippen molar-refractivity contribution in [3.05, 3.63) is 27.7 Å². The molecule has 14 heavy (non-hydrogen) atoms. The highest BCUT2D eigenvalue weighted by Gasteiger charge is 2.13. The molecule has 0 saturated carbocycles. The molecule has 1 atom stereocenters. The SMILES string of the molecule is Cc1cc(Br)cc(C(N)CC#N)c1O. The maximum Gasteiger partial charge on any atom is 0.123 e. The highest BCUT2D eigenvalue weighted by Crippen LogP contribution is 2.31. The first-order valence-electron chi connectivity index (χ1n) is 4.17. The second kappa shape index (κ2) is 4.45. The molecular formula is C10H11BrN2O. The van der Waals surface area contributed by atoms with Gasteiger partial charge < -0.3 is 10.8 Å². The molecule has 4 heteroatoms. The van der Waals surface area contributed by atoms with Crippen LogP contribution in [0.1, 0.15) is 23.6 Å². The number of benzene rings is 1. The third-order valence-corrected chi connectivity index (χ3v) is 2.46. The molecule has 0 fully saturated rings. The Balaban J connectivity index is 3.14. The first kappa shape index (κ1) is 11.0. The molecule has 0 aliphatic heterocycles. The van der Waals surface area contributed by atoms with Gasteiger partial charge in [-0.3, -0.25) is 0 Å². The summed E-state index contributed by atoms with van der Waals surface area (Å²) in [5, 5.41) is 18.2. The molecule has 0 aliphatic rings. The van der Waals surface area contributed by atoms with Crippen molar-refractivity contribution in [1.29, 1.82) is 5.26 Å². The highest BCUT2D eigenvalue weighted by atomic mass is 79.9. The van der Waals surface area contributed by atoms with Crippen LogP contribution in [0.4, 0.5) is 0 Å². The Hall–Kier alpha value is -1.05. The standard InChI is InChI=1S/C10H11BrN2O/c1-6-4-7(11)5-8(10(6)14)9(13)2-3-12/h4-5,9,14H,2,13H2,1H3. The van der Waals surface area contributed by atoms with Gasteiger partial charge in [-0.2, -0.15) is 5.26 Å². The first-order valence-corrected chi connectivity index (χ1v) is 4.97. The summed E-state index contributed by atoms with van der Waals surface area (Å²) < 4.78 is 0.858. The van der Waals surface area contributed by atoms with Crippen LogP contribution in [0.5, 0.6) is 5.75 Å². The van der Waals surface area contributed by atoms with Gasteiger partial charge in [-0.25, -0.2) is 0 Å². The average Bonchev–Trinajstić information content (AvgIpc) is 2.11. The van der Waals surface area contributed by atoms with Crippen LogP contribution in [0.25, 0.3) is 0 Å². The van der Waals surface area contributed by atoms with E-state index < -0.39 is 6.04 Å². The summed E-state index contributed by atoms with van der Waals surface area (Å²) in [6.07, 6.45) is 0.198. The van der Waals surface area contributed by atoms with Gasteiger partial charge in [-0.1, -0.05) is 15.9 Å². The molecule has 1 rings (SSSR count). The molecule has 74 valence electrons. The normalized spacial score (nSPS) is 12.1. The lowest BCUT2D eigenvalue weighted by atomic mass is 10.0. The van der Waals surface area contributed by atoms with Crippen LogP contribution in [-0.2, 0) is 0 Å². The molecule has 3 nitrogen and oxygen atoms in total. The van der Waals surface area contributed by atoms with E-state index in [9.17, 15) is 5.11 Å². The monoisotopic (exact) mass is 254 g/mol. The first-order chi connectivity index (χ1) is 6.56. The second-order valence-corrected chi connectivity index (χ2v) is 4.04. The maximum absolute atomic E-state index is 9.71. The summed E-state index contributed by atoms with van der Waals surface area (Å²) in [4.78, 5) is 0. The zero-order chi connectivity index (χ0) is 10.7. The number of aromatic hydroxyl groups is 1. The number of phenolic OH excluding ortho intramolecular Hbond substituents is 1. The molecular weight excluding hydrogens is 244 g/mol. The summed E-state index contributed by atoms with van der Waals surface area (Å²) >= 11 is 3.32. The van der Waals surface area contributed by atoms with Crippen molar-refractivity contribution in [1.82, 2.24) is 0 Å². The molecule has 0 saturated heterocycles. The Morgan fingerprint density at radius 1 is 1.64 bits per heavy atom. The number of hydrogen-bond acceptors (Lipinski definition) is 3. The Kier molecular flexibility index (Phi) is 3.50. The summed E-state index contributed by atoms with van der Waals surface area (Å²) in [6, 6.07) is 5.09. The van der Waals surface area contributed by atoms with Crippen LogP contribution in [0.15, 0.2) is 16.6 Å². The van der Waals surface area contributed by atoms with E-state index >= 15 is 0 Å². The lowest BCUT2D eigenvalue weighted by Crippen LogP contribution is -2.09. The van der Waals surface area contributed by atoms with Crippen LogP contribution < -0.4 is 5.73 Å². The predicted molar refractivity (Wildman–Crippen MR) is 57.7 cm³/mol. The maximum atomic E-state index is 9.71. The second-order valence-electron chi connectivity index (χ2n) is 3.13. The average molecular weight is 255 g/mol. The van der Waals surface area contributed by atoms with Gasteiger partial charge in [-0.15, -0.1) is 0 Å². The third kappa shape index (κ3) is 2.25. The summed E-state index contributed by atoms with van der Waals surface area (Å²) in [7, 11) is 0. The van der Waals surface area contributed by atoms with Gasteiger partial charge in [0, 0.05) is 16.1 Å². The number of hydrogen-bond donors (Lipinski definition) is 2. The number of nitrogens with zero attached hydrogens (tertiary/aromatic N) is 1. The van der Waals surface area contributed by atoms with E-state index in [2.05, 4.69) is 15.9 Å². The molecule has 0 radical (unpaired) electrons. The van der Waals surface area contributed by atoms with Gasteiger partial charge in [0.2, 0.25) is 0 Å². The van der Waals surface area contributed by atoms with Crippen molar-refractivity contribution >= 4 is 15.9 Å². The van der Waals surface area contributed by atoms with E-state index in [1.54, 1.807) is 19.1 Å². The highest BCUT2D eigenvalue weighted by molar-refractivity contribution is 9.10. The Bertz CT molecular complexity index is 384. The molecule has 1 aromatic rings. The Morgan fingerprint density at radius 2 is 2.29 bits per heavy atom. The van der Waals surface area contributed by atoms with Crippen molar-refractivity contribution < 1.29 is 5.11 Å². The topological polar surface area (TPSA) is 70.0 Å². The number of phenols is 1. The minimum atomic E-state index is -0.434. The van der Waals surface area contributed by atoms with E-state index in [4.69, 9.17) is 11.0 Å². The van der Waals surface area contributed by atoms with Crippen molar-refractivity contribution in [2.24, 2.45) is 5.73 Å². The lowest BCUT2D eigenvalue weighted by molar-refractivity contribution is 0.457.